The molecule has 0 radical (unpaired) electrons. The van der Waals surface area contributed by atoms with Gasteiger partial charge in [0.15, 0.2) is 0 Å². The molecule has 106 valence electrons. The van der Waals surface area contributed by atoms with Gasteiger partial charge in [-0.15, -0.1) is 0 Å². The maximum Gasteiger partial charge on any atom is 0.315 e. The van der Waals surface area contributed by atoms with Crippen molar-refractivity contribution in [2.24, 2.45) is 0 Å². The number of para-hydroxylation sites is 1. The average molecular weight is 269 g/mol. The molecule has 0 heterocycles. The predicted molar refractivity (Wildman–Crippen MR) is 73.5 cm³/mol. The highest BCUT2D eigenvalue weighted by molar-refractivity contribution is 5.76. The third-order valence-electron chi connectivity index (χ3n) is 2.58. The van der Waals surface area contributed by atoms with Gasteiger partial charge in [0, 0.05) is 6.54 Å². The normalized spacial score (nSPS) is 10.5. The molecule has 0 aliphatic carbocycles. The molecular formula is C12H19N3O4. The van der Waals surface area contributed by atoms with Crippen molar-refractivity contribution >= 4 is 17.1 Å². The van der Waals surface area contributed by atoms with Crippen LogP contribution in [0, 0.1) is 10.1 Å². The summed E-state index contributed by atoms with van der Waals surface area (Å²) in [6.45, 7) is 1.99. The molecule has 0 atom stereocenters. The predicted octanol–water partition coefficient (Wildman–Crippen LogP) is 1.18. The van der Waals surface area contributed by atoms with E-state index in [2.05, 4.69) is 10.6 Å². The van der Waals surface area contributed by atoms with Gasteiger partial charge >= 0.3 is 5.69 Å². The van der Waals surface area contributed by atoms with Crippen molar-refractivity contribution in [2.75, 3.05) is 30.4 Å². The summed E-state index contributed by atoms with van der Waals surface area (Å²) in [4.78, 5) is 10.7. The first-order valence-corrected chi connectivity index (χ1v) is 6.13. The fourth-order valence-electron chi connectivity index (χ4n) is 1.63. The molecule has 0 aliphatic heterocycles. The van der Waals surface area contributed by atoms with E-state index in [1.165, 1.54) is 0 Å². The van der Waals surface area contributed by atoms with E-state index in [-0.39, 0.29) is 24.6 Å². The van der Waals surface area contributed by atoms with Crippen LogP contribution < -0.4 is 10.6 Å². The van der Waals surface area contributed by atoms with Gasteiger partial charge in [0.05, 0.1) is 24.2 Å². The number of benzene rings is 1. The van der Waals surface area contributed by atoms with Crippen molar-refractivity contribution in [2.45, 2.75) is 19.4 Å². The molecule has 7 nitrogen and oxygen atoms in total. The van der Waals surface area contributed by atoms with Gasteiger partial charge < -0.3 is 20.8 Å². The number of nitro benzene ring substituents is 1. The topological polar surface area (TPSA) is 108 Å². The first-order valence-electron chi connectivity index (χ1n) is 6.13. The fraction of sp³-hybridized carbons (Fsp3) is 0.500. The molecule has 0 unspecified atom stereocenters. The molecule has 0 saturated carbocycles. The monoisotopic (exact) mass is 269 g/mol. The molecule has 0 aliphatic rings. The molecule has 1 aromatic rings. The number of nitro groups is 1. The van der Waals surface area contributed by atoms with Crippen LogP contribution in [0.5, 0.6) is 0 Å². The third-order valence-corrected chi connectivity index (χ3v) is 2.58. The largest absolute Gasteiger partial charge is 0.394 e. The summed E-state index contributed by atoms with van der Waals surface area (Å²) in [5.74, 6) is 0. The van der Waals surface area contributed by atoms with Gasteiger partial charge in [-0.1, -0.05) is 13.0 Å². The summed E-state index contributed by atoms with van der Waals surface area (Å²) in [5, 5.41) is 35.0. The SMILES string of the molecule is CCCNc1cccc(NC(CO)CO)c1[N+](=O)[O-]. The van der Waals surface area contributed by atoms with Crippen LogP contribution in [0.25, 0.3) is 0 Å². The van der Waals surface area contributed by atoms with E-state index in [1.807, 2.05) is 6.92 Å². The van der Waals surface area contributed by atoms with E-state index in [0.29, 0.717) is 12.2 Å². The Morgan fingerprint density at radius 2 is 1.95 bits per heavy atom. The van der Waals surface area contributed by atoms with Crippen molar-refractivity contribution in [3.8, 4) is 0 Å². The summed E-state index contributed by atoms with van der Waals surface area (Å²) < 4.78 is 0. The molecule has 1 aromatic carbocycles. The first-order chi connectivity index (χ1) is 9.13. The molecule has 0 aromatic heterocycles. The lowest BCUT2D eigenvalue weighted by Gasteiger charge is -2.16. The molecule has 0 amide bonds. The van der Waals surface area contributed by atoms with Crippen LogP contribution in [0.4, 0.5) is 17.1 Å². The Labute approximate surface area is 111 Å². The average Bonchev–Trinajstić information content (AvgIpc) is 2.42. The van der Waals surface area contributed by atoms with Crippen molar-refractivity contribution in [1.29, 1.82) is 0 Å². The Morgan fingerprint density at radius 3 is 2.47 bits per heavy atom. The van der Waals surface area contributed by atoms with Gasteiger partial charge in [-0.2, -0.15) is 0 Å². The second-order valence-electron chi connectivity index (χ2n) is 4.09. The Balaban J connectivity index is 3.05. The van der Waals surface area contributed by atoms with Gasteiger partial charge in [-0.3, -0.25) is 10.1 Å². The van der Waals surface area contributed by atoms with Crippen LogP contribution in [0.3, 0.4) is 0 Å². The third kappa shape index (κ3) is 4.08. The van der Waals surface area contributed by atoms with Gasteiger partial charge in [-0.25, -0.2) is 0 Å². The lowest BCUT2D eigenvalue weighted by Crippen LogP contribution is -2.28. The fourth-order valence-corrected chi connectivity index (χ4v) is 1.63. The first kappa shape index (κ1) is 15.2. The molecule has 0 fully saturated rings. The molecule has 1 rings (SSSR count). The van der Waals surface area contributed by atoms with Crippen LogP contribution >= 0.6 is 0 Å². The van der Waals surface area contributed by atoms with Gasteiger partial charge in [0.1, 0.15) is 11.4 Å². The van der Waals surface area contributed by atoms with Gasteiger partial charge in [0.2, 0.25) is 0 Å². The Bertz CT molecular complexity index is 421. The van der Waals surface area contributed by atoms with Gasteiger partial charge in [-0.05, 0) is 18.6 Å². The molecule has 0 spiro atoms. The second kappa shape index (κ2) is 7.55. The van der Waals surface area contributed by atoms with E-state index in [1.54, 1.807) is 18.2 Å². The van der Waals surface area contributed by atoms with Crippen LogP contribution in [0.15, 0.2) is 18.2 Å². The van der Waals surface area contributed by atoms with E-state index in [0.717, 1.165) is 6.42 Å². The van der Waals surface area contributed by atoms with Crippen LogP contribution in [-0.2, 0) is 0 Å². The number of hydrogen-bond donors (Lipinski definition) is 4. The number of rotatable bonds is 8. The smallest absolute Gasteiger partial charge is 0.315 e. The standard InChI is InChI=1S/C12H19N3O4/c1-2-6-13-10-4-3-5-11(12(10)15(18)19)14-9(7-16)8-17/h3-5,9,13-14,16-17H,2,6-8H2,1H3. The van der Waals surface area contributed by atoms with E-state index < -0.39 is 11.0 Å². The zero-order valence-electron chi connectivity index (χ0n) is 10.8. The molecule has 0 saturated heterocycles. The van der Waals surface area contributed by atoms with Crippen molar-refractivity contribution in [3.63, 3.8) is 0 Å². The van der Waals surface area contributed by atoms with Crippen LogP contribution in [0.1, 0.15) is 13.3 Å². The van der Waals surface area contributed by atoms with E-state index >= 15 is 0 Å². The lowest BCUT2D eigenvalue weighted by molar-refractivity contribution is -0.383. The summed E-state index contributed by atoms with van der Waals surface area (Å²) in [5.41, 5.74) is 0.619. The number of nitrogens with zero attached hydrogens (tertiary/aromatic N) is 1. The van der Waals surface area contributed by atoms with Crippen molar-refractivity contribution < 1.29 is 15.1 Å². The summed E-state index contributed by atoms with van der Waals surface area (Å²) >= 11 is 0. The Hall–Kier alpha value is -1.86. The highest BCUT2D eigenvalue weighted by Gasteiger charge is 2.21. The lowest BCUT2D eigenvalue weighted by atomic mass is 10.2. The maximum absolute atomic E-state index is 11.2. The molecule has 7 heteroatoms. The van der Waals surface area contributed by atoms with Crippen LogP contribution in [-0.4, -0.2) is 40.9 Å². The molecule has 0 bridgehead atoms. The zero-order chi connectivity index (χ0) is 14.3. The minimum atomic E-state index is -0.625. The molecular weight excluding hydrogens is 250 g/mol. The highest BCUT2D eigenvalue weighted by Crippen LogP contribution is 2.33. The minimum absolute atomic E-state index is 0.0807. The summed E-state index contributed by atoms with van der Waals surface area (Å²) in [6, 6.07) is 4.23. The number of anilines is 2. The van der Waals surface area contributed by atoms with E-state index in [4.69, 9.17) is 10.2 Å². The molecule has 4 N–H and O–H groups in total. The number of nitrogens with one attached hydrogen (secondary N) is 2. The number of aliphatic hydroxyl groups excluding tert-OH is 2. The second-order valence-corrected chi connectivity index (χ2v) is 4.09. The van der Waals surface area contributed by atoms with Crippen LogP contribution in [0.2, 0.25) is 0 Å². The quantitative estimate of drug-likeness (QED) is 0.417. The number of aliphatic hydroxyl groups is 2. The highest BCUT2D eigenvalue weighted by atomic mass is 16.6. The van der Waals surface area contributed by atoms with E-state index in [9.17, 15) is 10.1 Å². The Morgan fingerprint density at radius 1 is 1.32 bits per heavy atom. The number of hydrogen-bond acceptors (Lipinski definition) is 6. The zero-order valence-corrected chi connectivity index (χ0v) is 10.8. The maximum atomic E-state index is 11.2. The summed E-state index contributed by atoms with van der Waals surface area (Å²) in [7, 11) is 0. The summed E-state index contributed by atoms with van der Waals surface area (Å²) in [6.07, 6.45) is 0.852. The van der Waals surface area contributed by atoms with Crippen molar-refractivity contribution in [1.82, 2.24) is 0 Å². The minimum Gasteiger partial charge on any atom is -0.394 e. The molecule has 19 heavy (non-hydrogen) atoms. The van der Waals surface area contributed by atoms with Gasteiger partial charge in [0.25, 0.3) is 0 Å². The Kier molecular flexibility index (Phi) is 6.04. The van der Waals surface area contributed by atoms with Crippen molar-refractivity contribution in [3.05, 3.63) is 28.3 Å².